The number of aliphatic hydroxyl groups is 1. The highest BCUT2D eigenvalue weighted by Crippen LogP contribution is 2.22. The molecule has 0 saturated carbocycles. The summed E-state index contributed by atoms with van der Waals surface area (Å²) < 4.78 is 5.35. The SMILES string of the molecule is Cc1ccc(CC(O)CC2CCOCC2)cc1C. The van der Waals surface area contributed by atoms with Crippen LogP contribution in [0.4, 0.5) is 0 Å². The molecule has 1 aromatic rings. The lowest BCUT2D eigenvalue weighted by molar-refractivity contribution is 0.0439. The fraction of sp³-hybridized carbons (Fsp3) is 0.625. The van der Waals surface area contributed by atoms with Gasteiger partial charge in [-0.05, 0) is 62.1 Å². The van der Waals surface area contributed by atoms with Crippen LogP contribution in [0.1, 0.15) is 36.0 Å². The Kier molecular flexibility index (Phi) is 4.79. The molecule has 1 heterocycles. The minimum absolute atomic E-state index is 0.213. The van der Waals surface area contributed by atoms with Gasteiger partial charge in [-0.2, -0.15) is 0 Å². The van der Waals surface area contributed by atoms with E-state index in [1.165, 1.54) is 16.7 Å². The summed E-state index contributed by atoms with van der Waals surface area (Å²) in [6.07, 6.45) is 3.68. The van der Waals surface area contributed by atoms with Gasteiger partial charge in [-0.3, -0.25) is 0 Å². The van der Waals surface area contributed by atoms with Crippen LogP contribution in [0.15, 0.2) is 18.2 Å². The van der Waals surface area contributed by atoms with Crippen molar-refractivity contribution >= 4 is 0 Å². The van der Waals surface area contributed by atoms with Crippen LogP contribution in [0.5, 0.6) is 0 Å². The molecule has 0 bridgehead atoms. The minimum atomic E-state index is -0.213. The first kappa shape index (κ1) is 13.6. The van der Waals surface area contributed by atoms with Gasteiger partial charge in [-0.25, -0.2) is 0 Å². The van der Waals surface area contributed by atoms with Gasteiger partial charge in [0.05, 0.1) is 6.10 Å². The maximum absolute atomic E-state index is 10.2. The second-order valence-corrected chi connectivity index (χ2v) is 5.57. The minimum Gasteiger partial charge on any atom is -0.393 e. The van der Waals surface area contributed by atoms with Crippen molar-refractivity contribution in [2.24, 2.45) is 5.92 Å². The van der Waals surface area contributed by atoms with Crippen LogP contribution >= 0.6 is 0 Å². The Bertz CT molecular complexity index is 381. The van der Waals surface area contributed by atoms with Crippen LogP contribution in [0.25, 0.3) is 0 Å². The molecular weight excluding hydrogens is 224 g/mol. The fourth-order valence-electron chi connectivity index (χ4n) is 2.65. The molecule has 1 atom stereocenters. The predicted molar refractivity (Wildman–Crippen MR) is 73.8 cm³/mol. The van der Waals surface area contributed by atoms with Crippen molar-refractivity contribution in [1.82, 2.24) is 0 Å². The van der Waals surface area contributed by atoms with Gasteiger partial charge in [0.2, 0.25) is 0 Å². The van der Waals surface area contributed by atoms with Gasteiger partial charge in [0.15, 0.2) is 0 Å². The summed E-state index contributed by atoms with van der Waals surface area (Å²) in [6.45, 7) is 5.98. The van der Waals surface area contributed by atoms with E-state index in [4.69, 9.17) is 4.74 Å². The van der Waals surface area contributed by atoms with Crippen LogP contribution in [0.2, 0.25) is 0 Å². The van der Waals surface area contributed by atoms with Crippen molar-refractivity contribution in [2.45, 2.75) is 45.6 Å². The molecule has 2 heteroatoms. The highest BCUT2D eigenvalue weighted by atomic mass is 16.5. The van der Waals surface area contributed by atoms with E-state index < -0.39 is 0 Å². The van der Waals surface area contributed by atoms with Crippen molar-refractivity contribution in [3.63, 3.8) is 0 Å². The highest BCUT2D eigenvalue weighted by molar-refractivity contribution is 5.30. The second-order valence-electron chi connectivity index (χ2n) is 5.57. The predicted octanol–water partition coefficient (Wildman–Crippen LogP) is 3.02. The number of aliphatic hydroxyl groups excluding tert-OH is 1. The quantitative estimate of drug-likeness (QED) is 0.887. The molecule has 18 heavy (non-hydrogen) atoms. The van der Waals surface area contributed by atoms with Gasteiger partial charge in [0, 0.05) is 13.2 Å². The van der Waals surface area contributed by atoms with Crippen LogP contribution in [0.3, 0.4) is 0 Å². The average molecular weight is 248 g/mol. The molecule has 1 unspecified atom stereocenters. The number of ether oxygens (including phenoxy) is 1. The normalized spacial score (nSPS) is 18.8. The van der Waals surface area contributed by atoms with Crippen molar-refractivity contribution in [3.05, 3.63) is 34.9 Å². The zero-order valence-corrected chi connectivity index (χ0v) is 11.5. The standard InChI is InChI=1S/C16H24O2/c1-12-3-4-15(9-13(12)2)11-16(17)10-14-5-7-18-8-6-14/h3-4,9,14,16-17H,5-8,10-11H2,1-2H3. The molecular formula is C16H24O2. The molecule has 1 saturated heterocycles. The van der Waals surface area contributed by atoms with Gasteiger partial charge < -0.3 is 9.84 Å². The molecule has 2 nitrogen and oxygen atoms in total. The Balaban J connectivity index is 1.85. The molecule has 1 fully saturated rings. The Labute approximate surface area is 110 Å². The third-order valence-electron chi connectivity index (χ3n) is 3.99. The smallest absolute Gasteiger partial charge is 0.0583 e. The topological polar surface area (TPSA) is 29.5 Å². The molecule has 0 spiro atoms. The van der Waals surface area contributed by atoms with Crippen LogP contribution < -0.4 is 0 Å². The molecule has 0 aliphatic carbocycles. The maximum atomic E-state index is 10.2. The van der Waals surface area contributed by atoms with Crippen molar-refractivity contribution in [2.75, 3.05) is 13.2 Å². The molecule has 1 aliphatic heterocycles. The molecule has 0 radical (unpaired) electrons. The number of rotatable bonds is 4. The summed E-state index contributed by atoms with van der Waals surface area (Å²) in [6, 6.07) is 6.48. The molecule has 2 rings (SSSR count). The Morgan fingerprint density at radius 3 is 2.61 bits per heavy atom. The van der Waals surface area contributed by atoms with E-state index in [-0.39, 0.29) is 6.10 Å². The van der Waals surface area contributed by atoms with E-state index in [1.807, 2.05) is 0 Å². The summed E-state index contributed by atoms with van der Waals surface area (Å²) in [5.74, 6) is 0.639. The largest absolute Gasteiger partial charge is 0.393 e. The monoisotopic (exact) mass is 248 g/mol. The molecule has 0 aromatic heterocycles. The lowest BCUT2D eigenvalue weighted by Crippen LogP contribution is -2.22. The maximum Gasteiger partial charge on any atom is 0.0583 e. The number of aryl methyl sites for hydroxylation is 2. The lowest BCUT2D eigenvalue weighted by Gasteiger charge is -2.24. The first-order valence-corrected chi connectivity index (χ1v) is 6.97. The average Bonchev–Trinajstić information content (AvgIpc) is 2.35. The van der Waals surface area contributed by atoms with Gasteiger partial charge >= 0.3 is 0 Å². The van der Waals surface area contributed by atoms with E-state index >= 15 is 0 Å². The van der Waals surface area contributed by atoms with Crippen molar-refractivity contribution in [3.8, 4) is 0 Å². The first-order chi connectivity index (χ1) is 8.65. The van der Waals surface area contributed by atoms with Crippen LogP contribution in [0, 0.1) is 19.8 Å². The Morgan fingerprint density at radius 2 is 1.94 bits per heavy atom. The number of hydrogen-bond acceptors (Lipinski definition) is 2. The van der Waals surface area contributed by atoms with E-state index in [9.17, 15) is 5.11 Å². The molecule has 100 valence electrons. The summed E-state index contributed by atoms with van der Waals surface area (Å²) in [5, 5.41) is 10.2. The summed E-state index contributed by atoms with van der Waals surface area (Å²) in [7, 11) is 0. The molecule has 1 aliphatic rings. The Morgan fingerprint density at radius 1 is 1.22 bits per heavy atom. The summed E-state index contributed by atoms with van der Waals surface area (Å²) in [5.41, 5.74) is 3.88. The van der Waals surface area contributed by atoms with Gasteiger partial charge in [0.1, 0.15) is 0 Å². The third-order valence-corrected chi connectivity index (χ3v) is 3.99. The summed E-state index contributed by atoms with van der Waals surface area (Å²) >= 11 is 0. The van der Waals surface area contributed by atoms with Gasteiger partial charge in [-0.15, -0.1) is 0 Å². The fourth-order valence-corrected chi connectivity index (χ4v) is 2.65. The molecule has 1 aromatic carbocycles. The van der Waals surface area contributed by atoms with E-state index in [1.54, 1.807) is 0 Å². The van der Waals surface area contributed by atoms with Crippen molar-refractivity contribution < 1.29 is 9.84 Å². The zero-order valence-electron chi connectivity index (χ0n) is 11.5. The van der Waals surface area contributed by atoms with E-state index in [0.717, 1.165) is 38.9 Å². The van der Waals surface area contributed by atoms with Crippen LogP contribution in [-0.4, -0.2) is 24.4 Å². The van der Waals surface area contributed by atoms with E-state index in [2.05, 4.69) is 32.0 Å². The molecule has 0 amide bonds. The third kappa shape index (κ3) is 3.82. The zero-order chi connectivity index (χ0) is 13.0. The van der Waals surface area contributed by atoms with Gasteiger partial charge in [-0.1, -0.05) is 18.2 Å². The molecule has 1 N–H and O–H groups in total. The second kappa shape index (κ2) is 6.35. The Hall–Kier alpha value is -0.860. The first-order valence-electron chi connectivity index (χ1n) is 6.97. The van der Waals surface area contributed by atoms with E-state index in [0.29, 0.717) is 5.92 Å². The van der Waals surface area contributed by atoms with Gasteiger partial charge in [0.25, 0.3) is 0 Å². The number of hydrogen-bond donors (Lipinski definition) is 1. The van der Waals surface area contributed by atoms with Crippen molar-refractivity contribution in [1.29, 1.82) is 0 Å². The lowest BCUT2D eigenvalue weighted by atomic mass is 9.91. The van der Waals surface area contributed by atoms with Crippen LogP contribution in [-0.2, 0) is 11.2 Å². The number of benzene rings is 1. The summed E-state index contributed by atoms with van der Waals surface area (Å²) in [4.78, 5) is 0. The highest BCUT2D eigenvalue weighted by Gasteiger charge is 2.18.